The molecule has 1 aromatic rings. The van der Waals surface area contributed by atoms with Crippen molar-refractivity contribution in [1.29, 1.82) is 0 Å². The highest BCUT2D eigenvalue weighted by Crippen LogP contribution is 2.47. The molecular formula is C14H17N. The molecule has 0 N–H and O–H groups in total. The molecule has 1 heteroatoms. The summed E-state index contributed by atoms with van der Waals surface area (Å²) in [6, 6.07) is 9.27. The fourth-order valence-corrected chi connectivity index (χ4v) is 3.00. The maximum Gasteiger partial charge on any atom is 0.0369 e. The summed E-state index contributed by atoms with van der Waals surface area (Å²) >= 11 is 0. The van der Waals surface area contributed by atoms with Gasteiger partial charge >= 0.3 is 0 Å². The van der Waals surface area contributed by atoms with Gasteiger partial charge in [-0.2, -0.15) is 0 Å². The molecule has 3 fully saturated rings. The van der Waals surface area contributed by atoms with Crippen LogP contribution < -0.4 is 4.90 Å². The van der Waals surface area contributed by atoms with Crippen LogP contribution in [0.3, 0.4) is 0 Å². The number of anilines is 1. The van der Waals surface area contributed by atoms with E-state index in [2.05, 4.69) is 29.2 Å². The Bertz CT molecular complexity index is 384. The molecule has 3 aliphatic rings. The van der Waals surface area contributed by atoms with Crippen molar-refractivity contribution in [1.82, 2.24) is 0 Å². The molecule has 0 bridgehead atoms. The standard InChI is InChI=1S/C14H17N/c1-2-11(10-4-5-10)7-14(3-1)15-8-12-6-13(12)9-15/h1-3,7,10,12-13H,4-6,8-9H2/t12-,13+. The SMILES string of the molecule is c1cc(C2CC2)cc(N2C[C@H]3C[C@H]3C2)c1. The van der Waals surface area contributed by atoms with Gasteiger partial charge in [-0.25, -0.2) is 0 Å². The lowest BCUT2D eigenvalue weighted by Crippen LogP contribution is -2.21. The Labute approximate surface area is 91.1 Å². The van der Waals surface area contributed by atoms with E-state index in [9.17, 15) is 0 Å². The van der Waals surface area contributed by atoms with Crippen molar-refractivity contribution < 1.29 is 0 Å². The van der Waals surface area contributed by atoms with Crippen LogP contribution in [0.2, 0.25) is 0 Å². The molecule has 0 aromatic heterocycles. The highest BCUT2D eigenvalue weighted by Gasteiger charge is 2.45. The van der Waals surface area contributed by atoms with E-state index in [0.29, 0.717) is 0 Å². The first kappa shape index (κ1) is 8.20. The van der Waals surface area contributed by atoms with Gasteiger partial charge in [-0.05, 0) is 54.7 Å². The molecule has 0 radical (unpaired) electrons. The Balaban J connectivity index is 1.61. The smallest absolute Gasteiger partial charge is 0.0369 e. The molecule has 2 aliphatic carbocycles. The highest BCUT2D eigenvalue weighted by molar-refractivity contribution is 5.51. The number of hydrogen-bond donors (Lipinski definition) is 0. The monoisotopic (exact) mass is 199 g/mol. The Morgan fingerprint density at radius 1 is 1.07 bits per heavy atom. The molecule has 78 valence electrons. The molecule has 4 rings (SSSR count). The first-order valence-electron chi connectivity index (χ1n) is 6.25. The highest BCUT2D eigenvalue weighted by atomic mass is 15.2. The van der Waals surface area contributed by atoms with E-state index in [1.807, 2.05) is 0 Å². The summed E-state index contributed by atoms with van der Waals surface area (Å²) in [5, 5.41) is 0. The summed E-state index contributed by atoms with van der Waals surface area (Å²) in [4.78, 5) is 2.59. The number of piperidine rings is 1. The van der Waals surface area contributed by atoms with Crippen molar-refractivity contribution in [3.63, 3.8) is 0 Å². The van der Waals surface area contributed by atoms with Gasteiger partial charge in [0.15, 0.2) is 0 Å². The normalized spacial score (nSPS) is 32.9. The minimum atomic E-state index is 0.891. The number of fused-ring (bicyclic) bond motifs is 1. The number of hydrogen-bond acceptors (Lipinski definition) is 1. The lowest BCUT2D eigenvalue weighted by Gasteiger charge is -2.20. The average molecular weight is 199 g/mol. The third-order valence-corrected chi connectivity index (χ3v) is 4.26. The number of benzene rings is 1. The Kier molecular flexibility index (Phi) is 1.52. The van der Waals surface area contributed by atoms with Crippen molar-refractivity contribution in [3.8, 4) is 0 Å². The van der Waals surface area contributed by atoms with Gasteiger partial charge in [-0.3, -0.25) is 0 Å². The molecule has 0 spiro atoms. The second kappa shape index (κ2) is 2.78. The van der Waals surface area contributed by atoms with Crippen molar-refractivity contribution in [2.75, 3.05) is 18.0 Å². The Morgan fingerprint density at radius 3 is 2.60 bits per heavy atom. The first-order valence-corrected chi connectivity index (χ1v) is 6.25. The zero-order chi connectivity index (χ0) is 9.83. The fraction of sp³-hybridized carbons (Fsp3) is 0.571. The maximum atomic E-state index is 2.59. The minimum absolute atomic E-state index is 0.891. The maximum absolute atomic E-state index is 2.59. The average Bonchev–Trinajstić information content (AvgIpc) is 3.19. The summed E-state index contributed by atoms with van der Waals surface area (Å²) < 4.78 is 0. The quantitative estimate of drug-likeness (QED) is 0.707. The molecule has 2 atom stereocenters. The summed E-state index contributed by atoms with van der Waals surface area (Å²) in [7, 11) is 0. The third-order valence-electron chi connectivity index (χ3n) is 4.26. The summed E-state index contributed by atoms with van der Waals surface area (Å²) in [6.07, 6.45) is 4.32. The van der Waals surface area contributed by atoms with Gasteiger partial charge in [0.05, 0.1) is 0 Å². The van der Waals surface area contributed by atoms with Gasteiger partial charge in [0.1, 0.15) is 0 Å². The van der Waals surface area contributed by atoms with Crippen LogP contribution in [0.5, 0.6) is 0 Å². The van der Waals surface area contributed by atoms with E-state index in [4.69, 9.17) is 0 Å². The van der Waals surface area contributed by atoms with Gasteiger partial charge in [-0.1, -0.05) is 12.1 Å². The Hall–Kier alpha value is -0.980. The van der Waals surface area contributed by atoms with Crippen LogP contribution in [0, 0.1) is 11.8 Å². The topological polar surface area (TPSA) is 3.24 Å². The zero-order valence-electron chi connectivity index (χ0n) is 9.02. The van der Waals surface area contributed by atoms with Gasteiger partial charge in [-0.15, -0.1) is 0 Å². The molecule has 15 heavy (non-hydrogen) atoms. The van der Waals surface area contributed by atoms with E-state index in [0.717, 1.165) is 17.8 Å². The van der Waals surface area contributed by atoms with Crippen LogP contribution in [-0.2, 0) is 0 Å². The van der Waals surface area contributed by atoms with Gasteiger partial charge < -0.3 is 4.90 Å². The first-order chi connectivity index (χ1) is 7.40. The third kappa shape index (κ3) is 1.37. The van der Waals surface area contributed by atoms with Crippen LogP contribution in [0.1, 0.15) is 30.7 Å². The predicted octanol–water partition coefficient (Wildman–Crippen LogP) is 3.02. The van der Waals surface area contributed by atoms with Crippen LogP contribution >= 0.6 is 0 Å². The summed E-state index contributed by atoms with van der Waals surface area (Å²) in [5.41, 5.74) is 3.06. The fourth-order valence-electron chi connectivity index (χ4n) is 3.00. The molecule has 1 aromatic carbocycles. The second-order valence-corrected chi connectivity index (χ2v) is 5.53. The summed E-state index contributed by atoms with van der Waals surface area (Å²) in [5.74, 6) is 2.96. The number of nitrogens with zero attached hydrogens (tertiary/aromatic N) is 1. The molecule has 0 unspecified atom stereocenters. The van der Waals surface area contributed by atoms with E-state index in [1.54, 1.807) is 5.56 Å². The van der Waals surface area contributed by atoms with Crippen LogP contribution in [-0.4, -0.2) is 13.1 Å². The van der Waals surface area contributed by atoms with Gasteiger partial charge in [0.25, 0.3) is 0 Å². The zero-order valence-corrected chi connectivity index (χ0v) is 9.02. The van der Waals surface area contributed by atoms with Crippen LogP contribution in [0.15, 0.2) is 24.3 Å². The molecule has 1 nitrogen and oxygen atoms in total. The van der Waals surface area contributed by atoms with E-state index >= 15 is 0 Å². The van der Waals surface area contributed by atoms with Crippen LogP contribution in [0.4, 0.5) is 5.69 Å². The van der Waals surface area contributed by atoms with Crippen LogP contribution in [0.25, 0.3) is 0 Å². The van der Waals surface area contributed by atoms with E-state index < -0.39 is 0 Å². The largest absolute Gasteiger partial charge is 0.371 e. The molecule has 1 heterocycles. The van der Waals surface area contributed by atoms with E-state index in [-0.39, 0.29) is 0 Å². The predicted molar refractivity (Wildman–Crippen MR) is 62.2 cm³/mol. The second-order valence-electron chi connectivity index (χ2n) is 5.53. The molecule has 1 aliphatic heterocycles. The molecular weight excluding hydrogens is 182 g/mol. The summed E-state index contributed by atoms with van der Waals surface area (Å²) in [6.45, 7) is 2.64. The van der Waals surface area contributed by atoms with Crippen molar-refractivity contribution in [3.05, 3.63) is 29.8 Å². The van der Waals surface area contributed by atoms with Gasteiger partial charge in [0, 0.05) is 18.8 Å². The molecule has 0 amide bonds. The molecule has 2 saturated carbocycles. The lowest BCUT2D eigenvalue weighted by atomic mass is 10.1. The van der Waals surface area contributed by atoms with Gasteiger partial charge in [0.2, 0.25) is 0 Å². The van der Waals surface area contributed by atoms with Crippen molar-refractivity contribution >= 4 is 5.69 Å². The van der Waals surface area contributed by atoms with Crippen molar-refractivity contribution in [2.24, 2.45) is 11.8 Å². The van der Waals surface area contributed by atoms with E-state index in [1.165, 1.54) is 38.0 Å². The lowest BCUT2D eigenvalue weighted by molar-refractivity contribution is 0.818. The number of rotatable bonds is 2. The molecule has 1 saturated heterocycles. The Morgan fingerprint density at radius 2 is 1.87 bits per heavy atom. The van der Waals surface area contributed by atoms with Crippen molar-refractivity contribution in [2.45, 2.75) is 25.2 Å². The minimum Gasteiger partial charge on any atom is -0.371 e.